The Morgan fingerprint density at radius 3 is 2.62 bits per heavy atom. The maximum Gasteiger partial charge on any atom is 0.129 e. The van der Waals surface area contributed by atoms with E-state index in [0.29, 0.717) is 12.0 Å². The third-order valence-electron chi connectivity index (χ3n) is 4.48. The van der Waals surface area contributed by atoms with Crippen LogP contribution < -0.4 is 4.90 Å². The Kier molecular flexibility index (Phi) is 5.59. The van der Waals surface area contributed by atoms with Crippen molar-refractivity contribution >= 4 is 5.82 Å². The first-order valence-electron chi connectivity index (χ1n) is 8.19. The number of hydrogen-bond acceptors (Lipinski definition) is 4. The van der Waals surface area contributed by atoms with Crippen LogP contribution in [-0.2, 0) is 6.61 Å². The van der Waals surface area contributed by atoms with Crippen LogP contribution in [-0.4, -0.2) is 47.2 Å². The first-order valence-corrected chi connectivity index (χ1v) is 8.19. The zero-order chi connectivity index (χ0) is 15.4. The third-order valence-corrected chi connectivity index (χ3v) is 4.48. The van der Waals surface area contributed by atoms with Crippen LogP contribution in [0, 0.1) is 0 Å². The highest BCUT2D eigenvalue weighted by molar-refractivity contribution is 5.44. The van der Waals surface area contributed by atoms with Crippen molar-refractivity contribution in [3.05, 3.63) is 23.4 Å². The summed E-state index contributed by atoms with van der Waals surface area (Å²) in [6, 6.07) is 4.69. The van der Waals surface area contributed by atoms with E-state index in [0.717, 1.165) is 43.3 Å². The molecule has 21 heavy (non-hydrogen) atoms. The molecular formula is C17H29N3O. The average Bonchev–Trinajstić information content (AvgIpc) is 2.97. The lowest BCUT2D eigenvalue weighted by molar-refractivity contribution is 0.232. The molecule has 1 aromatic heterocycles. The highest BCUT2D eigenvalue weighted by Crippen LogP contribution is 2.25. The van der Waals surface area contributed by atoms with Crippen LogP contribution in [0.1, 0.15) is 51.3 Å². The van der Waals surface area contributed by atoms with E-state index < -0.39 is 0 Å². The molecule has 1 N–H and O–H groups in total. The summed E-state index contributed by atoms with van der Waals surface area (Å²) >= 11 is 0. The number of aromatic nitrogens is 1. The highest BCUT2D eigenvalue weighted by Gasteiger charge is 2.27. The molecule has 0 aliphatic carbocycles. The van der Waals surface area contributed by atoms with Gasteiger partial charge in [-0.1, -0.05) is 27.7 Å². The van der Waals surface area contributed by atoms with Gasteiger partial charge in [0, 0.05) is 24.8 Å². The van der Waals surface area contributed by atoms with Gasteiger partial charge in [-0.05, 0) is 43.1 Å². The van der Waals surface area contributed by atoms with Gasteiger partial charge >= 0.3 is 0 Å². The van der Waals surface area contributed by atoms with Crippen molar-refractivity contribution in [2.24, 2.45) is 0 Å². The quantitative estimate of drug-likeness (QED) is 0.874. The van der Waals surface area contributed by atoms with Crippen LogP contribution >= 0.6 is 0 Å². The number of hydrogen-bond donors (Lipinski definition) is 1. The Morgan fingerprint density at radius 1 is 1.33 bits per heavy atom. The first-order chi connectivity index (χ1) is 10.1. The first kappa shape index (κ1) is 16.2. The van der Waals surface area contributed by atoms with Gasteiger partial charge in [-0.15, -0.1) is 0 Å². The van der Waals surface area contributed by atoms with Crippen LogP contribution in [0.2, 0.25) is 0 Å². The van der Waals surface area contributed by atoms with E-state index in [1.165, 1.54) is 6.42 Å². The third kappa shape index (κ3) is 3.74. The summed E-state index contributed by atoms with van der Waals surface area (Å²) in [7, 11) is 0. The Balaban J connectivity index is 2.17. The lowest BCUT2D eigenvalue weighted by Gasteiger charge is -2.26. The van der Waals surface area contributed by atoms with Crippen molar-refractivity contribution in [2.45, 2.75) is 52.7 Å². The molecule has 4 nitrogen and oxygen atoms in total. The van der Waals surface area contributed by atoms with Gasteiger partial charge in [-0.3, -0.25) is 4.90 Å². The van der Waals surface area contributed by atoms with E-state index in [1.54, 1.807) is 0 Å². The summed E-state index contributed by atoms with van der Waals surface area (Å²) in [5.74, 6) is 1.41. The molecule has 0 spiro atoms. The van der Waals surface area contributed by atoms with Gasteiger partial charge in [0.2, 0.25) is 0 Å². The molecule has 2 rings (SSSR count). The Hall–Kier alpha value is -1.13. The molecule has 1 aromatic rings. The number of pyridine rings is 1. The van der Waals surface area contributed by atoms with Crippen molar-refractivity contribution in [1.29, 1.82) is 0 Å². The summed E-state index contributed by atoms with van der Waals surface area (Å²) in [5, 5.41) is 9.47. The van der Waals surface area contributed by atoms with E-state index in [2.05, 4.69) is 37.5 Å². The molecule has 1 fully saturated rings. The van der Waals surface area contributed by atoms with Crippen molar-refractivity contribution in [2.75, 3.05) is 31.1 Å². The monoisotopic (exact) mass is 291 g/mol. The topological polar surface area (TPSA) is 39.6 Å². The van der Waals surface area contributed by atoms with Crippen LogP contribution in [0.3, 0.4) is 0 Å². The van der Waals surface area contributed by atoms with Gasteiger partial charge in [0.05, 0.1) is 6.61 Å². The molecule has 2 heterocycles. The molecule has 1 atom stereocenters. The summed E-state index contributed by atoms with van der Waals surface area (Å²) in [4.78, 5) is 9.70. The SMILES string of the molecule is CCN(CC)C1CCN(c2cc(CO)cc(C(C)C)n2)C1. The fourth-order valence-corrected chi connectivity index (χ4v) is 3.13. The molecular weight excluding hydrogens is 262 g/mol. The molecule has 0 bridgehead atoms. The zero-order valence-electron chi connectivity index (χ0n) is 13.8. The Morgan fingerprint density at radius 2 is 2.05 bits per heavy atom. The summed E-state index contributed by atoms with van der Waals surface area (Å²) in [6.07, 6.45) is 1.20. The van der Waals surface area contributed by atoms with Crippen LogP contribution in [0.5, 0.6) is 0 Å². The Labute approximate surface area is 128 Å². The summed E-state index contributed by atoms with van der Waals surface area (Å²) in [6.45, 7) is 13.2. The number of anilines is 1. The maximum atomic E-state index is 9.47. The van der Waals surface area contributed by atoms with Crippen LogP contribution in [0.25, 0.3) is 0 Å². The summed E-state index contributed by atoms with van der Waals surface area (Å²) in [5.41, 5.74) is 2.04. The zero-order valence-corrected chi connectivity index (χ0v) is 13.8. The number of rotatable bonds is 6. The molecule has 1 aliphatic heterocycles. The predicted octanol–water partition coefficient (Wildman–Crippen LogP) is 2.62. The number of likely N-dealkylation sites (N-methyl/N-ethyl adjacent to an activating group) is 1. The van der Waals surface area contributed by atoms with E-state index >= 15 is 0 Å². The standard InChI is InChI=1S/C17H29N3O/c1-5-19(6-2)15-7-8-20(11-15)17-10-14(12-21)9-16(18-17)13(3)4/h9-10,13,15,21H,5-8,11-12H2,1-4H3. The lowest BCUT2D eigenvalue weighted by Crippen LogP contribution is -2.37. The smallest absolute Gasteiger partial charge is 0.129 e. The minimum atomic E-state index is 0.0859. The molecule has 1 aliphatic rings. The largest absolute Gasteiger partial charge is 0.392 e. The van der Waals surface area contributed by atoms with Gasteiger partial charge in [0.15, 0.2) is 0 Å². The van der Waals surface area contributed by atoms with Crippen molar-refractivity contribution in [3.8, 4) is 0 Å². The second kappa shape index (κ2) is 7.23. The normalized spacial score (nSPS) is 19.0. The molecule has 4 heteroatoms. The van der Waals surface area contributed by atoms with Crippen molar-refractivity contribution in [1.82, 2.24) is 9.88 Å². The van der Waals surface area contributed by atoms with Gasteiger partial charge in [-0.2, -0.15) is 0 Å². The molecule has 1 unspecified atom stereocenters. The van der Waals surface area contributed by atoms with Crippen molar-refractivity contribution in [3.63, 3.8) is 0 Å². The summed E-state index contributed by atoms with van der Waals surface area (Å²) < 4.78 is 0. The molecule has 1 saturated heterocycles. The fourth-order valence-electron chi connectivity index (χ4n) is 3.13. The number of aliphatic hydroxyl groups excluding tert-OH is 1. The average molecular weight is 291 g/mol. The molecule has 0 saturated carbocycles. The van der Waals surface area contributed by atoms with Gasteiger partial charge in [0.1, 0.15) is 5.82 Å². The molecule has 0 radical (unpaired) electrons. The minimum Gasteiger partial charge on any atom is -0.392 e. The van der Waals surface area contributed by atoms with Gasteiger partial charge in [-0.25, -0.2) is 4.98 Å². The lowest BCUT2D eigenvalue weighted by atomic mass is 10.1. The van der Waals surface area contributed by atoms with E-state index in [1.807, 2.05) is 12.1 Å². The Bertz CT molecular complexity index is 457. The van der Waals surface area contributed by atoms with Gasteiger partial charge in [0.25, 0.3) is 0 Å². The molecule has 118 valence electrons. The molecule has 0 aromatic carbocycles. The maximum absolute atomic E-state index is 9.47. The van der Waals surface area contributed by atoms with E-state index in [-0.39, 0.29) is 6.61 Å². The van der Waals surface area contributed by atoms with Crippen LogP contribution in [0.4, 0.5) is 5.82 Å². The highest BCUT2D eigenvalue weighted by atomic mass is 16.3. The second-order valence-corrected chi connectivity index (χ2v) is 6.18. The molecule has 0 amide bonds. The van der Waals surface area contributed by atoms with E-state index in [9.17, 15) is 5.11 Å². The number of aliphatic hydroxyl groups is 1. The second-order valence-electron chi connectivity index (χ2n) is 6.18. The predicted molar refractivity (Wildman–Crippen MR) is 87.8 cm³/mol. The van der Waals surface area contributed by atoms with E-state index in [4.69, 9.17) is 4.98 Å². The fraction of sp³-hybridized carbons (Fsp3) is 0.706. The van der Waals surface area contributed by atoms with Crippen LogP contribution in [0.15, 0.2) is 12.1 Å². The minimum absolute atomic E-state index is 0.0859. The van der Waals surface area contributed by atoms with Gasteiger partial charge < -0.3 is 10.0 Å². The number of nitrogens with zero attached hydrogens (tertiary/aromatic N) is 3. The van der Waals surface area contributed by atoms with Crippen molar-refractivity contribution < 1.29 is 5.11 Å².